The van der Waals surface area contributed by atoms with Gasteiger partial charge in [0.1, 0.15) is 5.82 Å². The fourth-order valence-corrected chi connectivity index (χ4v) is 3.52. The molecule has 0 N–H and O–H groups in total. The van der Waals surface area contributed by atoms with Gasteiger partial charge in [-0.15, -0.1) is 0 Å². The average molecular weight is 376 g/mol. The van der Waals surface area contributed by atoms with E-state index in [9.17, 15) is 9.59 Å². The molecule has 2 aromatic heterocycles. The highest BCUT2D eigenvalue weighted by molar-refractivity contribution is 5.92. The zero-order valence-corrected chi connectivity index (χ0v) is 16.5. The lowest BCUT2D eigenvalue weighted by atomic mass is 9.97. The highest BCUT2D eigenvalue weighted by atomic mass is 16.3. The van der Waals surface area contributed by atoms with Gasteiger partial charge < -0.3 is 14.2 Å². The average Bonchev–Trinajstić information content (AvgIpc) is 3.22. The van der Waals surface area contributed by atoms with E-state index in [0.717, 1.165) is 25.2 Å². The number of rotatable bonds is 6. The fraction of sp³-hybridized carbons (Fsp3) is 0.667. The minimum Gasteiger partial charge on any atom is -0.438 e. The molecule has 0 saturated carbocycles. The topological polar surface area (TPSA) is 89.4 Å². The second kappa shape index (κ2) is 8.08. The number of oxazole rings is 1. The molecule has 0 aromatic carbocycles. The summed E-state index contributed by atoms with van der Waals surface area (Å²) < 4.78 is 8.53. The summed E-state index contributed by atoms with van der Waals surface area (Å²) in [7, 11) is 3.94. The number of aromatic nitrogens is 4. The second-order valence-electron chi connectivity index (χ2n) is 7.27. The first-order valence-corrected chi connectivity index (χ1v) is 9.44. The Morgan fingerprint density at radius 2 is 2.19 bits per heavy atom. The maximum Gasteiger partial charge on any atom is 0.345 e. The van der Waals surface area contributed by atoms with Crippen molar-refractivity contribution in [1.82, 2.24) is 29.1 Å². The largest absolute Gasteiger partial charge is 0.438 e. The van der Waals surface area contributed by atoms with E-state index in [0.29, 0.717) is 37.6 Å². The summed E-state index contributed by atoms with van der Waals surface area (Å²) in [5.41, 5.74) is 0.518. The van der Waals surface area contributed by atoms with Crippen molar-refractivity contribution in [2.75, 3.05) is 33.7 Å². The van der Waals surface area contributed by atoms with Crippen molar-refractivity contribution in [3.05, 3.63) is 34.2 Å². The van der Waals surface area contributed by atoms with Gasteiger partial charge in [0.2, 0.25) is 5.76 Å². The van der Waals surface area contributed by atoms with Crippen LogP contribution in [0.1, 0.15) is 47.8 Å². The van der Waals surface area contributed by atoms with E-state index >= 15 is 0 Å². The van der Waals surface area contributed by atoms with E-state index in [4.69, 9.17) is 4.42 Å². The van der Waals surface area contributed by atoms with Crippen LogP contribution in [0.4, 0.5) is 0 Å². The third kappa shape index (κ3) is 3.97. The lowest BCUT2D eigenvalue weighted by molar-refractivity contribution is 0.0670. The summed E-state index contributed by atoms with van der Waals surface area (Å²) in [6, 6.07) is 0. The Labute approximate surface area is 158 Å². The summed E-state index contributed by atoms with van der Waals surface area (Å²) in [5, 5.41) is 4.62. The number of aryl methyl sites for hydroxylation is 1. The molecule has 0 aliphatic carbocycles. The van der Waals surface area contributed by atoms with Crippen LogP contribution in [0.25, 0.3) is 0 Å². The maximum absolute atomic E-state index is 12.8. The first-order valence-electron chi connectivity index (χ1n) is 9.44. The van der Waals surface area contributed by atoms with Crippen LogP contribution in [0, 0.1) is 6.92 Å². The van der Waals surface area contributed by atoms with Crippen LogP contribution in [0.15, 0.2) is 15.6 Å². The number of likely N-dealkylation sites (tertiary alicyclic amines) is 1. The molecule has 1 atom stereocenters. The lowest BCUT2D eigenvalue weighted by Gasteiger charge is -2.31. The third-order valence-electron chi connectivity index (χ3n) is 5.04. The molecule has 148 valence electrons. The minimum absolute atomic E-state index is 0.0409. The number of carbonyl (C=O) groups excluding carboxylic acids is 1. The number of carbonyl (C=O) groups is 1. The molecule has 1 aliphatic rings. The Bertz CT molecular complexity index is 850. The normalized spacial score (nSPS) is 17.7. The fourth-order valence-electron chi connectivity index (χ4n) is 3.52. The molecule has 1 amide bonds. The summed E-state index contributed by atoms with van der Waals surface area (Å²) in [6.07, 6.45) is 3.07. The predicted molar refractivity (Wildman–Crippen MR) is 99.8 cm³/mol. The number of likely N-dealkylation sites (N-methyl/N-ethyl adjacent to an activating group) is 1. The van der Waals surface area contributed by atoms with E-state index in [2.05, 4.69) is 10.1 Å². The number of amides is 1. The Balaban J connectivity index is 1.81. The molecule has 1 fully saturated rings. The molecule has 9 heteroatoms. The van der Waals surface area contributed by atoms with Crippen molar-refractivity contribution in [1.29, 1.82) is 0 Å². The number of hydrogen-bond donors (Lipinski definition) is 0. The summed E-state index contributed by atoms with van der Waals surface area (Å²) >= 11 is 0. The van der Waals surface area contributed by atoms with Gasteiger partial charge in [-0.05, 0) is 40.8 Å². The first-order chi connectivity index (χ1) is 12.9. The van der Waals surface area contributed by atoms with Gasteiger partial charge in [-0.25, -0.2) is 14.5 Å². The third-order valence-corrected chi connectivity index (χ3v) is 5.04. The maximum atomic E-state index is 12.8. The predicted octanol–water partition coefficient (Wildman–Crippen LogP) is 0.943. The lowest BCUT2D eigenvalue weighted by Crippen LogP contribution is -2.40. The van der Waals surface area contributed by atoms with Crippen molar-refractivity contribution in [3.63, 3.8) is 0 Å². The first kappa shape index (κ1) is 19.3. The molecule has 0 spiro atoms. The minimum atomic E-state index is -0.146. The van der Waals surface area contributed by atoms with Gasteiger partial charge in [-0.2, -0.15) is 5.10 Å². The Morgan fingerprint density at radius 3 is 2.81 bits per heavy atom. The second-order valence-corrected chi connectivity index (χ2v) is 7.27. The molecular weight excluding hydrogens is 348 g/mol. The van der Waals surface area contributed by atoms with Gasteiger partial charge in [0.15, 0.2) is 6.39 Å². The standard InChI is InChI=1S/C18H28N6O3/c1-5-23-16(20-24(18(23)26)10-9-21(3)4)14-7-6-8-22(11-14)17(25)15-13(2)19-12-27-15/h12,14H,5-11H2,1-4H3/t14-/m1/s1. The van der Waals surface area contributed by atoms with Crippen LogP contribution in [0.5, 0.6) is 0 Å². The molecule has 0 radical (unpaired) electrons. The molecule has 0 bridgehead atoms. The molecule has 9 nitrogen and oxygen atoms in total. The molecule has 1 aliphatic heterocycles. The molecule has 3 heterocycles. The molecule has 1 saturated heterocycles. The van der Waals surface area contributed by atoms with Crippen LogP contribution in [-0.2, 0) is 13.1 Å². The summed E-state index contributed by atoms with van der Waals surface area (Å²) in [6.45, 7) is 6.79. The summed E-state index contributed by atoms with van der Waals surface area (Å²) in [5.74, 6) is 0.958. The molecular formula is C18H28N6O3. The van der Waals surface area contributed by atoms with Crippen molar-refractivity contribution >= 4 is 5.91 Å². The van der Waals surface area contributed by atoms with Crippen molar-refractivity contribution in [3.8, 4) is 0 Å². The Hall–Kier alpha value is -2.42. The summed E-state index contributed by atoms with van der Waals surface area (Å²) in [4.78, 5) is 33.2. The van der Waals surface area contributed by atoms with Gasteiger partial charge in [-0.1, -0.05) is 0 Å². The van der Waals surface area contributed by atoms with Crippen molar-refractivity contribution in [2.45, 2.75) is 45.7 Å². The number of hydrogen-bond acceptors (Lipinski definition) is 6. The molecule has 27 heavy (non-hydrogen) atoms. The van der Waals surface area contributed by atoms with E-state index < -0.39 is 0 Å². The van der Waals surface area contributed by atoms with Gasteiger partial charge in [0.25, 0.3) is 5.91 Å². The van der Waals surface area contributed by atoms with E-state index in [1.165, 1.54) is 6.39 Å². The van der Waals surface area contributed by atoms with Crippen LogP contribution in [0.2, 0.25) is 0 Å². The molecule has 2 aromatic rings. The van der Waals surface area contributed by atoms with Crippen molar-refractivity contribution in [2.24, 2.45) is 0 Å². The zero-order valence-electron chi connectivity index (χ0n) is 16.5. The van der Waals surface area contributed by atoms with Crippen LogP contribution in [0.3, 0.4) is 0 Å². The SMILES string of the molecule is CCn1c([C@@H]2CCCN(C(=O)c3ocnc3C)C2)nn(CCN(C)C)c1=O. The van der Waals surface area contributed by atoms with Gasteiger partial charge in [0, 0.05) is 32.1 Å². The van der Waals surface area contributed by atoms with Gasteiger partial charge in [-0.3, -0.25) is 9.36 Å². The highest BCUT2D eigenvalue weighted by Gasteiger charge is 2.31. The Kier molecular flexibility index (Phi) is 5.79. The monoisotopic (exact) mass is 376 g/mol. The van der Waals surface area contributed by atoms with Crippen LogP contribution in [-0.4, -0.2) is 68.8 Å². The molecule has 3 rings (SSSR count). The molecule has 0 unspecified atom stereocenters. The number of piperidine rings is 1. The smallest absolute Gasteiger partial charge is 0.345 e. The van der Waals surface area contributed by atoms with Gasteiger partial charge >= 0.3 is 5.69 Å². The van der Waals surface area contributed by atoms with Gasteiger partial charge in [0.05, 0.1) is 12.2 Å². The van der Waals surface area contributed by atoms with E-state index in [1.807, 2.05) is 25.9 Å². The van der Waals surface area contributed by atoms with E-state index in [-0.39, 0.29) is 17.5 Å². The number of nitrogens with zero attached hydrogens (tertiary/aromatic N) is 6. The van der Waals surface area contributed by atoms with E-state index in [1.54, 1.807) is 21.1 Å². The van der Waals surface area contributed by atoms with Crippen LogP contribution >= 0.6 is 0 Å². The highest BCUT2D eigenvalue weighted by Crippen LogP contribution is 2.26. The van der Waals surface area contributed by atoms with Crippen LogP contribution < -0.4 is 5.69 Å². The Morgan fingerprint density at radius 1 is 1.41 bits per heavy atom. The zero-order chi connectivity index (χ0) is 19.6. The quantitative estimate of drug-likeness (QED) is 0.745. The van der Waals surface area contributed by atoms with Crippen molar-refractivity contribution < 1.29 is 9.21 Å².